The third-order valence-corrected chi connectivity index (χ3v) is 8.29. The van der Waals surface area contributed by atoms with E-state index >= 15 is 0 Å². The number of halogens is 32. The molecule has 370 valence electrons. The van der Waals surface area contributed by atoms with Gasteiger partial charge in [-0.05, 0) is 0 Å². The van der Waals surface area contributed by atoms with Gasteiger partial charge in [-0.2, -0.15) is 123 Å². The summed E-state index contributed by atoms with van der Waals surface area (Å²) in [7, 11) is -7.11. The summed E-state index contributed by atoms with van der Waals surface area (Å²) in [6.07, 6.45) is -15.7. The second-order valence-corrected chi connectivity index (χ2v) is 13.0. The van der Waals surface area contributed by atoms with Crippen LogP contribution in [0.1, 0.15) is 6.42 Å². The van der Waals surface area contributed by atoms with E-state index in [2.05, 4.69) is 9.47 Å². The van der Waals surface area contributed by atoms with Crippen molar-refractivity contribution in [2.75, 3.05) is 13.2 Å². The third-order valence-electron chi connectivity index (χ3n) is 7.23. The summed E-state index contributed by atoms with van der Waals surface area (Å²) in [5.74, 6) is -126. The number of carbonyl (C=O) groups is 2. The maximum absolute atomic E-state index is 13.9. The fraction of sp³-hybridized carbons (Fsp3) is 0.909. The molecule has 0 amide bonds. The van der Waals surface area contributed by atoms with Gasteiger partial charge in [0.1, 0.15) is 10.1 Å². The van der Waals surface area contributed by atoms with Crippen molar-refractivity contribution in [3.05, 3.63) is 0 Å². The van der Waals surface area contributed by atoms with Gasteiger partial charge in [-0.15, -0.1) is 0 Å². The summed E-state index contributed by atoms with van der Waals surface area (Å²) in [6, 6.07) is 0. The Labute approximate surface area is 344 Å². The molecule has 0 rings (SSSR count). The van der Waals surface area contributed by atoms with Crippen molar-refractivity contribution in [1.29, 1.82) is 0 Å². The van der Waals surface area contributed by atoms with Crippen LogP contribution in [0.25, 0.3) is 0 Å². The maximum Gasteiger partial charge on any atom is 1.00 e. The van der Waals surface area contributed by atoms with Crippen molar-refractivity contribution in [3.8, 4) is 0 Å². The molecule has 0 aromatic carbocycles. The van der Waals surface area contributed by atoms with Crippen molar-refractivity contribution in [2.24, 2.45) is 0 Å². The van der Waals surface area contributed by atoms with Gasteiger partial charge in [0.25, 0.3) is 0 Å². The fourth-order valence-electron chi connectivity index (χ4n) is 3.46. The zero-order chi connectivity index (χ0) is 50.9. The van der Waals surface area contributed by atoms with Gasteiger partial charge < -0.3 is 14.0 Å². The first-order valence-corrected chi connectivity index (χ1v) is 15.1. The maximum atomic E-state index is 13.9. The summed E-state index contributed by atoms with van der Waals surface area (Å²) < 4.78 is 467. The van der Waals surface area contributed by atoms with Gasteiger partial charge in [0, 0.05) is 0 Å². The second-order valence-electron chi connectivity index (χ2n) is 11.5. The number of hydrogen-bond donors (Lipinski definition) is 0. The number of carbonyl (C=O) groups excluding carboxylic acids is 2. The molecule has 0 heterocycles. The van der Waals surface area contributed by atoms with E-state index in [1.165, 1.54) is 0 Å². The Hall–Kier alpha value is -2.39. The first-order valence-electron chi connectivity index (χ1n) is 13.6. The largest absolute Gasteiger partial charge is 1.00 e. The van der Waals surface area contributed by atoms with Crippen molar-refractivity contribution >= 4 is 22.1 Å². The first-order chi connectivity index (χ1) is 26.5. The van der Waals surface area contributed by atoms with Crippen LogP contribution in [0.4, 0.5) is 140 Å². The van der Waals surface area contributed by atoms with Gasteiger partial charge in [0.2, 0.25) is 0 Å². The van der Waals surface area contributed by atoms with Crippen LogP contribution in [-0.2, 0) is 29.2 Å². The Morgan fingerprint density at radius 3 is 0.873 bits per heavy atom. The Morgan fingerprint density at radius 2 is 0.635 bits per heavy atom. The molecule has 0 aliphatic heterocycles. The van der Waals surface area contributed by atoms with Crippen LogP contribution in [0, 0.1) is 0 Å². The Morgan fingerprint density at radius 1 is 0.413 bits per heavy atom. The molecule has 63 heavy (non-hydrogen) atoms. The molecular formula is C22H9F32NaO7S. The van der Waals surface area contributed by atoms with Gasteiger partial charge in [-0.25, -0.2) is 26.0 Å². The zero-order valence-corrected chi connectivity index (χ0v) is 31.0. The molecule has 0 saturated heterocycles. The van der Waals surface area contributed by atoms with E-state index in [1.54, 1.807) is 0 Å². The van der Waals surface area contributed by atoms with Crippen LogP contribution in [0.5, 0.6) is 0 Å². The zero-order valence-electron chi connectivity index (χ0n) is 28.2. The van der Waals surface area contributed by atoms with Crippen LogP contribution < -0.4 is 29.6 Å². The summed E-state index contributed by atoms with van der Waals surface area (Å²) in [4.78, 5) is 23.3. The minimum absolute atomic E-state index is 0. The van der Waals surface area contributed by atoms with Crippen LogP contribution in [0.15, 0.2) is 0 Å². The number of hydrogen-bond acceptors (Lipinski definition) is 7. The standard InChI is InChI=1S/C22H10F32O7S.Na/c23-7(24)11(31,32)15(39,40)19(47,48)21(51,52)17(43,44)13(35,36)9(27,28)2-60-5(55)1-4(62(57,58)59)6(56)61-3-10(29,30)14(37,38)18(45,46)22(53,54)20(49,50)16(41,42)12(33,34)8(25)26;/h4,7-8H,1-3H2,(H,57,58,59);/q;+1/p-1. The SMILES string of the molecule is O=C(CC(C(=O)OCC(F)(F)C(F)(F)C(F)(F)C(F)(F)C(F)(F)C(F)(F)C(F)(F)C(F)F)S(=O)(=O)[O-])OCC(F)(F)C(F)(F)C(F)(F)C(F)(F)C(F)(F)C(F)(F)C(F)(F)C(F)F.[Na+]. The minimum Gasteiger partial charge on any atom is -0.747 e. The molecular weight excluding hydrogens is 1040 g/mol. The smallest absolute Gasteiger partial charge is 0.747 e. The van der Waals surface area contributed by atoms with E-state index < -0.39 is 143 Å². The topological polar surface area (TPSA) is 110 Å². The van der Waals surface area contributed by atoms with Gasteiger partial charge in [-0.3, -0.25) is 9.59 Å². The molecule has 0 spiro atoms. The molecule has 0 aliphatic carbocycles. The normalized spacial score (nSPS) is 16.2. The molecule has 0 radical (unpaired) electrons. The van der Waals surface area contributed by atoms with Gasteiger partial charge in [0.15, 0.2) is 18.5 Å². The van der Waals surface area contributed by atoms with Crippen molar-refractivity contribution in [2.45, 2.75) is 107 Å². The van der Waals surface area contributed by atoms with Gasteiger partial charge in [0.05, 0.1) is 6.42 Å². The molecule has 41 heteroatoms. The predicted molar refractivity (Wildman–Crippen MR) is 121 cm³/mol. The minimum atomic E-state index is -9.06. The number of esters is 2. The number of alkyl halides is 32. The van der Waals surface area contributed by atoms with Crippen molar-refractivity contribution in [3.63, 3.8) is 0 Å². The molecule has 0 fully saturated rings. The molecule has 1 atom stereocenters. The molecule has 0 aromatic rings. The summed E-state index contributed by atoms with van der Waals surface area (Å²) >= 11 is 0. The van der Waals surface area contributed by atoms with E-state index in [0.29, 0.717) is 0 Å². The van der Waals surface area contributed by atoms with E-state index in [0.717, 1.165) is 0 Å². The van der Waals surface area contributed by atoms with Crippen LogP contribution >= 0.6 is 0 Å². The number of rotatable bonds is 22. The average molecular weight is 1050 g/mol. The van der Waals surface area contributed by atoms with E-state index in [1.807, 2.05) is 0 Å². The quantitative estimate of drug-likeness (QED) is 0.0584. The Kier molecular flexibility index (Phi) is 17.6. The number of ether oxygens (including phenoxy) is 2. The van der Waals surface area contributed by atoms with Gasteiger partial charge in [-0.1, -0.05) is 0 Å². The van der Waals surface area contributed by atoms with Gasteiger partial charge >= 0.3 is 137 Å². The third kappa shape index (κ3) is 9.59. The molecule has 0 aliphatic rings. The van der Waals surface area contributed by atoms with Crippen molar-refractivity contribution < 1.29 is 202 Å². The van der Waals surface area contributed by atoms with Crippen LogP contribution in [0.2, 0.25) is 0 Å². The molecule has 1 unspecified atom stereocenters. The average Bonchev–Trinajstić information content (AvgIpc) is 3.06. The van der Waals surface area contributed by atoms with Crippen molar-refractivity contribution in [1.82, 2.24) is 0 Å². The second kappa shape index (κ2) is 17.7. The predicted octanol–water partition coefficient (Wildman–Crippen LogP) is 5.81. The Bertz CT molecular complexity index is 1750. The van der Waals surface area contributed by atoms with E-state index in [-0.39, 0.29) is 29.6 Å². The summed E-state index contributed by atoms with van der Waals surface area (Å²) in [6.45, 7) is -8.53. The molecule has 0 aromatic heterocycles. The molecule has 0 bridgehead atoms. The first kappa shape index (κ1) is 62.7. The Balaban J connectivity index is 0. The summed E-state index contributed by atoms with van der Waals surface area (Å²) in [5, 5.41) is -4.53. The fourth-order valence-corrected chi connectivity index (χ4v) is 4.10. The molecule has 0 N–H and O–H groups in total. The van der Waals surface area contributed by atoms with Crippen LogP contribution in [0.3, 0.4) is 0 Å². The monoisotopic (exact) mass is 1050 g/mol. The molecule has 0 saturated carbocycles. The van der Waals surface area contributed by atoms with Crippen LogP contribution in [-0.4, -0.2) is 139 Å². The van der Waals surface area contributed by atoms with E-state index in [9.17, 15) is 163 Å². The molecule has 7 nitrogen and oxygen atoms in total. The summed E-state index contributed by atoms with van der Waals surface area (Å²) in [5.41, 5.74) is 0. The van der Waals surface area contributed by atoms with E-state index in [4.69, 9.17) is 0 Å².